The molecule has 0 saturated heterocycles. The summed E-state index contributed by atoms with van der Waals surface area (Å²) in [4.78, 5) is 16.4. The van der Waals surface area contributed by atoms with Crippen LogP contribution in [0.5, 0.6) is 11.5 Å². The fourth-order valence-electron chi connectivity index (χ4n) is 2.71. The number of ether oxygens (including phenoxy) is 2. The van der Waals surface area contributed by atoms with Gasteiger partial charge in [0.2, 0.25) is 0 Å². The van der Waals surface area contributed by atoms with E-state index in [9.17, 15) is 13.6 Å². The summed E-state index contributed by atoms with van der Waals surface area (Å²) in [5, 5.41) is 9.02. The van der Waals surface area contributed by atoms with Crippen LogP contribution < -0.4 is 25.4 Å². The quantitative estimate of drug-likeness (QED) is 0.166. The lowest BCUT2D eigenvalue weighted by Gasteiger charge is -2.13. The Hall–Kier alpha value is -2.57. The molecular formula is C21H29F2IN4O4. The van der Waals surface area contributed by atoms with Gasteiger partial charge in [0.05, 0.1) is 19.9 Å². The summed E-state index contributed by atoms with van der Waals surface area (Å²) in [6.45, 7) is 2.53. The number of hydrogen-bond acceptors (Lipinski definition) is 5. The Morgan fingerprint density at radius 1 is 1.19 bits per heavy atom. The van der Waals surface area contributed by atoms with Crippen LogP contribution in [0.1, 0.15) is 35.0 Å². The fraction of sp³-hybridized carbons (Fsp3) is 0.429. The molecule has 0 spiro atoms. The van der Waals surface area contributed by atoms with E-state index in [0.717, 1.165) is 5.56 Å². The van der Waals surface area contributed by atoms with Crippen molar-refractivity contribution >= 4 is 35.8 Å². The second kappa shape index (κ2) is 14.5. The Bertz CT molecular complexity index is 877. The number of carbonyl (C=O) groups excluding carboxylic acids is 1. The predicted octanol–water partition coefficient (Wildman–Crippen LogP) is 3.69. The Balaban J connectivity index is 0.00000512. The maximum Gasteiger partial charge on any atom is 0.387 e. The minimum atomic E-state index is -2.93. The Kier molecular flexibility index (Phi) is 12.4. The molecule has 0 unspecified atom stereocenters. The van der Waals surface area contributed by atoms with Crippen LogP contribution >= 0.6 is 24.0 Å². The number of furan rings is 1. The molecule has 0 fully saturated rings. The zero-order chi connectivity index (χ0) is 22.6. The van der Waals surface area contributed by atoms with E-state index < -0.39 is 6.61 Å². The third-order valence-electron chi connectivity index (χ3n) is 4.24. The third kappa shape index (κ3) is 8.89. The molecule has 2 aromatic rings. The summed E-state index contributed by atoms with van der Waals surface area (Å²) in [7, 11) is 1.49. The summed E-state index contributed by atoms with van der Waals surface area (Å²) in [5.41, 5.74) is 1.25. The predicted molar refractivity (Wildman–Crippen MR) is 128 cm³/mol. The van der Waals surface area contributed by atoms with Gasteiger partial charge in [-0.1, -0.05) is 0 Å². The zero-order valence-electron chi connectivity index (χ0n) is 18.2. The van der Waals surface area contributed by atoms with Gasteiger partial charge in [-0.05, 0) is 44.5 Å². The average molecular weight is 566 g/mol. The molecule has 3 N–H and O–H groups in total. The van der Waals surface area contributed by atoms with Crippen molar-refractivity contribution in [3.63, 3.8) is 0 Å². The number of halogens is 3. The molecule has 2 rings (SSSR count). The first kappa shape index (κ1) is 27.5. The molecule has 32 heavy (non-hydrogen) atoms. The standard InChI is InChI=1S/C21H28F2N4O4.HI/c1-4-24-21(26-10-5-9-25-19(28)18-14(2)8-11-30-18)27-13-15-12-16(29-3)6-7-17(15)31-20(22)23;/h6-8,11-12,20H,4-5,9-10,13H2,1-3H3,(H,25,28)(H2,24,26,27);1H. The van der Waals surface area contributed by atoms with Crippen molar-refractivity contribution in [1.29, 1.82) is 0 Å². The van der Waals surface area contributed by atoms with E-state index in [1.165, 1.54) is 19.4 Å². The average Bonchev–Trinajstić information content (AvgIpc) is 3.18. The van der Waals surface area contributed by atoms with Crippen LogP contribution in [-0.4, -0.2) is 45.2 Å². The molecule has 0 aliphatic rings. The van der Waals surface area contributed by atoms with E-state index in [-0.39, 0.29) is 42.2 Å². The number of carbonyl (C=O) groups is 1. The summed E-state index contributed by atoms with van der Waals surface area (Å²) in [5.74, 6) is 1.13. The van der Waals surface area contributed by atoms with E-state index in [0.29, 0.717) is 49.1 Å². The summed E-state index contributed by atoms with van der Waals surface area (Å²) in [6.07, 6.45) is 2.12. The lowest BCUT2D eigenvalue weighted by molar-refractivity contribution is -0.0504. The molecule has 1 aromatic heterocycles. The van der Waals surface area contributed by atoms with E-state index in [1.54, 1.807) is 25.1 Å². The number of methoxy groups -OCH3 is 1. The van der Waals surface area contributed by atoms with Gasteiger partial charge in [-0.3, -0.25) is 4.79 Å². The number of benzene rings is 1. The largest absolute Gasteiger partial charge is 0.497 e. The van der Waals surface area contributed by atoms with Gasteiger partial charge in [0.1, 0.15) is 11.5 Å². The van der Waals surface area contributed by atoms with Gasteiger partial charge in [-0.15, -0.1) is 24.0 Å². The van der Waals surface area contributed by atoms with Crippen LogP contribution in [0.3, 0.4) is 0 Å². The normalized spacial score (nSPS) is 11.0. The highest BCUT2D eigenvalue weighted by Gasteiger charge is 2.12. The molecule has 1 aromatic carbocycles. The molecule has 8 nitrogen and oxygen atoms in total. The summed E-state index contributed by atoms with van der Waals surface area (Å²) in [6, 6.07) is 6.32. The van der Waals surface area contributed by atoms with Gasteiger partial charge >= 0.3 is 6.61 Å². The van der Waals surface area contributed by atoms with Crippen LogP contribution in [0.25, 0.3) is 0 Å². The zero-order valence-corrected chi connectivity index (χ0v) is 20.6. The van der Waals surface area contributed by atoms with Crippen molar-refractivity contribution in [1.82, 2.24) is 16.0 Å². The van der Waals surface area contributed by atoms with Crippen LogP contribution in [-0.2, 0) is 6.54 Å². The second-order valence-electron chi connectivity index (χ2n) is 6.52. The van der Waals surface area contributed by atoms with Crippen molar-refractivity contribution in [2.45, 2.75) is 33.4 Å². The smallest absolute Gasteiger partial charge is 0.387 e. The van der Waals surface area contributed by atoms with Crippen molar-refractivity contribution in [2.75, 3.05) is 26.7 Å². The van der Waals surface area contributed by atoms with Gasteiger partial charge in [-0.2, -0.15) is 8.78 Å². The fourth-order valence-corrected chi connectivity index (χ4v) is 2.71. The van der Waals surface area contributed by atoms with Crippen LogP contribution in [0.2, 0.25) is 0 Å². The minimum Gasteiger partial charge on any atom is -0.497 e. The molecule has 1 amide bonds. The van der Waals surface area contributed by atoms with Gasteiger partial charge < -0.3 is 29.8 Å². The first-order valence-electron chi connectivity index (χ1n) is 9.90. The molecule has 0 atom stereocenters. The van der Waals surface area contributed by atoms with E-state index >= 15 is 0 Å². The first-order chi connectivity index (χ1) is 14.9. The molecule has 0 bridgehead atoms. The molecule has 0 radical (unpaired) electrons. The molecule has 1 heterocycles. The molecule has 0 saturated carbocycles. The lowest BCUT2D eigenvalue weighted by atomic mass is 10.2. The molecule has 0 aliphatic carbocycles. The van der Waals surface area contributed by atoms with Gasteiger partial charge in [0, 0.05) is 30.8 Å². The second-order valence-corrected chi connectivity index (χ2v) is 6.52. The Morgan fingerprint density at radius 2 is 1.94 bits per heavy atom. The summed E-state index contributed by atoms with van der Waals surface area (Å²) < 4.78 is 40.2. The number of nitrogens with one attached hydrogen (secondary N) is 3. The van der Waals surface area contributed by atoms with Crippen molar-refractivity contribution < 1.29 is 27.5 Å². The highest BCUT2D eigenvalue weighted by atomic mass is 127. The highest BCUT2D eigenvalue weighted by molar-refractivity contribution is 14.0. The topological polar surface area (TPSA) is 97.1 Å². The van der Waals surface area contributed by atoms with Crippen LogP contribution in [0, 0.1) is 6.92 Å². The number of aryl methyl sites for hydroxylation is 1. The number of amides is 1. The molecular weight excluding hydrogens is 537 g/mol. The van der Waals surface area contributed by atoms with Gasteiger partial charge in [-0.25, -0.2) is 4.99 Å². The van der Waals surface area contributed by atoms with Gasteiger partial charge in [0.25, 0.3) is 5.91 Å². The first-order valence-corrected chi connectivity index (χ1v) is 9.90. The van der Waals surface area contributed by atoms with E-state index in [1.807, 2.05) is 6.92 Å². The van der Waals surface area contributed by atoms with Crippen molar-refractivity contribution in [2.24, 2.45) is 4.99 Å². The lowest BCUT2D eigenvalue weighted by Crippen LogP contribution is -2.38. The number of aliphatic imine (C=N–C) groups is 1. The minimum absolute atomic E-state index is 0. The van der Waals surface area contributed by atoms with Crippen LogP contribution in [0.15, 0.2) is 39.9 Å². The van der Waals surface area contributed by atoms with E-state index in [2.05, 4.69) is 25.7 Å². The number of rotatable bonds is 11. The summed E-state index contributed by atoms with van der Waals surface area (Å²) >= 11 is 0. The highest BCUT2D eigenvalue weighted by Crippen LogP contribution is 2.26. The molecule has 0 aliphatic heterocycles. The molecule has 11 heteroatoms. The maximum atomic E-state index is 12.7. The monoisotopic (exact) mass is 566 g/mol. The SMILES string of the molecule is CCNC(=NCc1cc(OC)ccc1OC(F)F)NCCCNC(=O)c1occc1C.I. The van der Waals surface area contributed by atoms with Crippen LogP contribution in [0.4, 0.5) is 8.78 Å². The number of alkyl halides is 2. The van der Waals surface area contributed by atoms with E-state index in [4.69, 9.17) is 9.15 Å². The number of hydrogen-bond donors (Lipinski definition) is 3. The Labute approximate surface area is 203 Å². The number of nitrogens with zero attached hydrogens (tertiary/aromatic N) is 1. The van der Waals surface area contributed by atoms with Gasteiger partial charge in [0.15, 0.2) is 11.7 Å². The van der Waals surface area contributed by atoms with Crippen molar-refractivity contribution in [3.05, 3.63) is 47.4 Å². The van der Waals surface area contributed by atoms with Crippen molar-refractivity contribution in [3.8, 4) is 11.5 Å². The Morgan fingerprint density at radius 3 is 2.56 bits per heavy atom. The third-order valence-corrected chi connectivity index (χ3v) is 4.24. The maximum absolute atomic E-state index is 12.7. The number of guanidine groups is 1. The molecule has 178 valence electrons.